The van der Waals surface area contributed by atoms with Crippen molar-refractivity contribution in [2.24, 2.45) is 23.5 Å². The number of carbonyl (C=O) groups is 4. The van der Waals surface area contributed by atoms with Gasteiger partial charge in [0.15, 0.2) is 11.5 Å². The number of nitrogens with two attached hydrogens (primary N) is 1. The molecule has 1 aromatic carbocycles. The molecule has 0 aliphatic heterocycles. The molecule has 0 amide bonds. The Kier molecular flexibility index (Phi) is 15.1. The van der Waals surface area contributed by atoms with E-state index in [1.165, 1.54) is 18.2 Å². The van der Waals surface area contributed by atoms with E-state index < -0.39 is 42.3 Å². The van der Waals surface area contributed by atoms with E-state index in [0.29, 0.717) is 24.3 Å². The van der Waals surface area contributed by atoms with Gasteiger partial charge >= 0.3 is 24.4 Å². The monoisotopic (exact) mass is 609 g/mol. The first-order valence-corrected chi connectivity index (χ1v) is 15.0. The van der Waals surface area contributed by atoms with Crippen LogP contribution in [0.5, 0.6) is 11.5 Å². The molecule has 1 aromatic rings. The molecule has 242 valence electrons. The lowest BCUT2D eigenvalue weighted by atomic mass is 9.82. The van der Waals surface area contributed by atoms with Gasteiger partial charge in [-0.3, -0.25) is 4.79 Å². The molecule has 0 bridgehead atoms. The van der Waals surface area contributed by atoms with E-state index in [0.717, 1.165) is 32.1 Å². The second kappa shape index (κ2) is 18.2. The van der Waals surface area contributed by atoms with Gasteiger partial charge in [-0.15, -0.1) is 0 Å². The standard InChI is InChI=1S/C31H47NO11/c1-19(2)13-15-38-29(35)42-24-12-11-22(17-25(24)43-30(36)39-16-14-20(3)4)26(27(32)28(33)34)21(5)18-40-31(37)41-23-9-7-6-8-10-23/h11-12,17,19-21,23,26-27H,6-10,13-16,18,32H2,1-5H3,(H,33,34)/t21?,26?,27-/m0/s1. The van der Waals surface area contributed by atoms with Crippen molar-refractivity contribution in [1.82, 2.24) is 0 Å². The summed E-state index contributed by atoms with van der Waals surface area (Å²) in [6, 6.07) is 2.79. The summed E-state index contributed by atoms with van der Waals surface area (Å²) < 4.78 is 31.7. The van der Waals surface area contributed by atoms with Crippen LogP contribution in [0.4, 0.5) is 14.4 Å². The van der Waals surface area contributed by atoms with Crippen LogP contribution in [0.2, 0.25) is 0 Å². The summed E-state index contributed by atoms with van der Waals surface area (Å²) >= 11 is 0. The van der Waals surface area contributed by atoms with Crippen LogP contribution in [0, 0.1) is 17.8 Å². The fourth-order valence-corrected chi connectivity index (χ4v) is 4.59. The number of carboxylic acids is 1. The third-order valence-electron chi connectivity index (χ3n) is 7.13. The molecule has 0 aromatic heterocycles. The van der Waals surface area contributed by atoms with E-state index in [9.17, 15) is 24.3 Å². The van der Waals surface area contributed by atoms with Gasteiger partial charge in [0, 0.05) is 5.92 Å². The number of rotatable bonds is 15. The highest BCUT2D eigenvalue weighted by Crippen LogP contribution is 2.36. The maximum Gasteiger partial charge on any atom is 0.513 e. The Morgan fingerprint density at radius 2 is 1.37 bits per heavy atom. The topological polar surface area (TPSA) is 170 Å². The Morgan fingerprint density at radius 3 is 1.91 bits per heavy atom. The Morgan fingerprint density at radius 1 is 0.814 bits per heavy atom. The summed E-state index contributed by atoms with van der Waals surface area (Å²) in [5, 5.41) is 9.76. The molecule has 2 unspecified atom stereocenters. The number of aliphatic carboxylic acids is 1. The van der Waals surface area contributed by atoms with Gasteiger partial charge in [0.05, 0.1) is 19.8 Å². The van der Waals surface area contributed by atoms with E-state index in [1.807, 2.05) is 27.7 Å². The van der Waals surface area contributed by atoms with Gasteiger partial charge in [-0.25, -0.2) is 14.4 Å². The maximum absolute atomic E-state index is 12.5. The predicted molar refractivity (Wildman–Crippen MR) is 156 cm³/mol. The molecule has 12 heteroatoms. The van der Waals surface area contributed by atoms with Crippen LogP contribution in [0.3, 0.4) is 0 Å². The Labute approximate surface area is 253 Å². The van der Waals surface area contributed by atoms with Crippen molar-refractivity contribution in [2.75, 3.05) is 19.8 Å². The number of carboxylic acid groups (broad SMARTS) is 1. The molecule has 1 aliphatic rings. The van der Waals surface area contributed by atoms with E-state index in [1.54, 1.807) is 6.92 Å². The summed E-state index contributed by atoms with van der Waals surface area (Å²) in [7, 11) is 0. The fourth-order valence-electron chi connectivity index (χ4n) is 4.59. The minimum absolute atomic E-state index is 0.113. The van der Waals surface area contributed by atoms with E-state index in [-0.39, 0.29) is 43.3 Å². The normalized spacial score (nSPS) is 15.7. The van der Waals surface area contributed by atoms with Gasteiger partial charge in [-0.1, -0.05) is 47.1 Å². The molecule has 3 N–H and O–H groups in total. The minimum Gasteiger partial charge on any atom is -0.480 e. The lowest BCUT2D eigenvalue weighted by Gasteiger charge is -2.28. The second-order valence-electron chi connectivity index (χ2n) is 11.8. The molecule has 0 radical (unpaired) electrons. The molecule has 1 saturated carbocycles. The Hall–Kier alpha value is -3.54. The minimum atomic E-state index is -1.41. The van der Waals surface area contributed by atoms with E-state index in [2.05, 4.69) is 0 Å². The first-order valence-electron chi connectivity index (χ1n) is 15.0. The summed E-state index contributed by atoms with van der Waals surface area (Å²) in [4.78, 5) is 49.1. The van der Waals surface area contributed by atoms with Gasteiger partial charge in [-0.2, -0.15) is 0 Å². The molecular weight excluding hydrogens is 562 g/mol. The fraction of sp³-hybridized carbons (Fsp3) is 0.677. The summed E-state index contributed by atoms with van der Waals surface area (Å²) in [5.74, 6) is -2.51. The average Bonchev–Trinajstić information content (AvgIpc) is 2.93. The number of carbonyl (C=O) groups excluding carboxylic acids is 3. The second-order valence-corrected chi connectivity index (χ2v) is 11.8. The maximum atomic E-state index is 12.5. The number of ether oxygens (including phenoxy) is 6. The SMILES string of the molecule is CC(C)CCOC(=O)Oc1ccc(C(C(C)COC(=O)OC2CCCCC2)[C@H](N)C(=O)O)cc1OC(=O)OCCC(C)C. The van der Waals surface area contributed by atoms with Gasteiger partial charge < -0.3 is 39.3 Å². The first-order chi connectivity index (χ1) is 20.4. The molecule has 1 aliphatic carbocycles. The van der Waals surface area contributed by atoms with E-state index >= 15 is 0 Å². The average molecular weight is 610 g/mol. The van der Waals surface area contributed by atoms with Crippen molar-refractivity contribution in [2.45, 2.75) is 97.6 Å². The molecule has 0 saturated heterocycles. The zero-order valence-electron chi connectivity index (χ0n) is 25.9. The van der Waals surface area contributed by atoms with Crippen molar-refractivity contribution in [3.8, 4) is 11.5 Å². The van der Waals surface area contributed by atoms with Crippen LogP contribution in [0.1, 0.15) is 91.0 Å². The predicted octanol–water partition coefficient (Wildman–Crippen LogP) is 6.43. The van der Waals surface area contributed by atoms with Gasteiger partial charge in [0.25, 0.3) is 0 Å². The largest absolute Gasteiger partial charge is 0.513 e. The Bertz CT molecular complexity index is 1050. The van der Waals surface area contributed by atoms with Crippen LogP contribution in [0.15, 0.2) is 18.2 Å². The van der Waals surface area contributed by atoms with E-state index in [4.69, 9.17) is 34.2 Å². The molecule has 0 heterocycles. The van der Waals surface area contributed by atoms with Crippen molar-refractivity contribution in [3.05, 3.63) is 23.8 Å². The van der Waals surface area contributed by atoms with Crippen molar-refractivity contribution in [3.63, 3.8) is 0 Å². The van der Waals surface area contributed by atoms with Crippen molar-refractivity contribution < 1.29 is 52.7 Å². The molecular formula is C31H47NO11. The van der Waals surface area contributed by atoms with Gasteiger partial charge in [0.1, 0.15) is 12.1 Å². The summed E-state index contributed by atoms with van der Waals surface area (Å²) in [5.41, 5.74) is 6.43. The van der Waals surface area contributed by atoms with Crippen LogP contribution >= 0.6 is 0 Å². The molecule has 3 atom stereocenters. The molecule has 0 spiro atoms. The van der Waals surface area contributed by atoms with Crippen molar-refractivity contribution in [1.29, 1.82) is 0 Å². The van der Waals surface area contributed by atoms with Gasteiger partial charge in [-0.05, 0) is 74.0 Å². The zero-order chi connectivity index (χ0) is 31.9. The summed E-state index contributed by atoms with van der Waals surface area (Å²) in [6.45, 7) is 9.66. The quantitative estimate of drug-likeness (QED) is 0.127. The molecule has 1 fully saturated rings. The van der Waals surface area contributed by atoms with Gasteiger partial charge in [0.2, 0.25) is 0 Å². The van der Waals surface area contributed by atoms with Crippen LogP contribution in [-0.4, -0.2) is 61.5 Å². The highest BCUT2D eigenvalue weighted by Gasteiger charge is 2.33. The molecule has 2 rings (SSSR count). The Balaban J connectivity index is 2.25. The number of benzene rings is 1. The zero-order valence-corrected chi connectivity index (χ0v) is 25.9. The first kappa shape index (κ1) is 35.7. The molecule has 12 nitrogen and oxygen atoms in total. The lowest BCUT2D eigenvalue weighted by Crippen LogP contribution is -2.40. The highest BCUT2D eigenvalue weighted by atomic mass is 16.7. The van der Waals surface area contributed by atoms with Crippen LogP contribution < -0.4 is 15.2 Å². The highest BCUT2D eigenvalue weighted by molar-refractivity contribution is 5.75. The van der Waals surface area contributed by atoms with Crippen molar-refractivity contribution >= 4 is 24.4 Å². The smallest absolute Gasteiger partial charge is 0.480 e. The third-order valence-corrected chi connectivity index (χ3v) is 7.13. The molecule has 43 heavy (non-hydrogen) atoms. The number of hydrogen-bond donors (Lipinski definition) is 2. The lowest BCUT2D eigenvalue weighted by molar-refractivity contribution is -0.139. The number of hydrogen-bond acceptors (Lipinski definition) is 11. The van der Waals surface area contributed by atoms with Crippen LogP contribution in [0.25, 0.3) is 0 Å². The third kappa shape index (κ3) is 13.1. The van der Waals surface area contributed by atoms with Crippen LogP contribution in [-0.2, 0) is 23.7 Å². The summed E-state index contributed by atoms with van der Waals surface area (Å²) in [6.07, 6.45) is 2.81.